The normalized spacial score (nSPS) is 19.4. The minimum atomic E-state index is 0.181. The summed E-state index contributed by atoms with van der Waals surface area (Å²) in [6.45, 7) is 0. The van der Waals surface area contributed by atoms with Gasteiger partial charge in [-0.25, -0.2) is 0 Å². The average molecular weight is 278 g/mol. The highest BCUT2D eigenvalue weighted by atomic mass is 32.1. The molecule has 2 aromatic rings. The second kappa shape index (κ2) is 4.60. The lowest BCUT2D eigenvalue weighted by Gasteiger charge is -2.24. The molecule has 0 radical (unpaired) electrons. The van der Waals surface area contributed by atoms with E-state index in [2.05, 4.69) is 45.7 Å². The highest BCUT2D eigenvalue weighted by Gasteiger charge is 2.19. The molecule has 0 saturated carbocycles. The quantitative estimate of drug-likeness (QED) is 0.824. The van der Waals surface area contributed by atoms with Crippen LogP contribution in [0.2, 0.25) is 0 Å². The van der Waals surface area contributed by atoms with Crippen molar-refractivity contribution in [3.63, 3.8) is 0 Å². The van der Waals surface area contributed by atoms with E-state index in [-0.39, 0.29) is 6.04 Å². The molecule has 86 valence electrons. The molecule has 0 aromatic carbocycles. The standard InChI is InChI=1S/C12H10N2S3/c15-12-13-8(10-3-1-5-16-10)7-9(14-12)11-4-2-6-17-11/h1-8H,(H2,13,14,15). The van der Waals surface area contributed by atoms with Gasteiger partial charge in [-0.15, -0.1) is 22.7 Å². The van der Waals surface area contributed by atoms with Gasteiger partial charge in [-0.2, -0.15) is 0 Å². The molecule has 1 unspecified atom stereocenters. The topological polar surface area (TPSA) is 24.1 Å². The van der Waals surface area contributed by atoms with Gasteiger partial charge in [-0.3, -0.25) is 0 Å². The van der Waals surface area contributed by atoms with Crippen LogP contribution in [0.3, 0.4) is 0 Å². The van der Waals surface area contributed by atoms with Crippen LogP contribution in [0.5, 0.6) is 0 Å². The molecule has 0 amide bonds. The molecule has 3 rings (SSSR count). The van der Waals surface area contributed by atoms with E-state index in [1.807, 2.05) is 6.07 Å². The zero-order valence-corrected chi connectivity index (χ0v) is 11.3. The second-order valence-electron chi connectivity index (χ2n) is 3.65. The first-order valence-corrected chi connectivity index (χ1v) is 7.36. The number of hydrogen-bond acceptors (Lipinski definition) is 3. The van der Waals surface area contributed by atoms with Crippen LogP contribution in [0.15, 0.2) is 41.1 Å². The summed E-state index contributed by atoms with van der Waals surface area (Å²) in [5, 5.41) is 11.3. The predicted molar refractivity (Wildman–Crippen MR) is 78.2 cm³/mol. The molecule has 17 heavy (non-hydrogen) atoms. The summed E-state index contributed by atoms with van der Waals surface area (Å²) in [4.78, 5) is 2.50. The minimum absolute atomic E-state index is 0.181. The van der Waals surface area contributed by atoms with Gasteiger partial charge in [0.15, 0.2) is 5.11 Å². The predicted octanol–water partition coefficient (Wildman–Crippen LogP) is 3.37. The maximum Gasteiger partial charge on any atom is 0.171 e. The Hall–Kier alpha value is -1.17. The second-order valence-corrected chi connectivity index (χ2v) is 5.98. The highest BCUT2D eigenvalue weighted by molar-refractivity contribution is 7.80. The Morgan fingerprint density at radius 1 is 1.12 bits per heavy atom. The maximum atomic E-state index is 5.25. The molecule has 2 aromatic heterocycles. The number of rotatable bonds is 2. The van der Waals surface area contributed by atoms with Crippen LogP contribution in [0, 0.1) is 0 Å². The van der Waals surface area contributed by atoms with Crippen molar-refractivity contribution in [1.82, 2.24) is 10.6 Å². The van der Waals surface area contributed by atoms with E-state index in [0.717, 1.165) is 5.70 Å². The van der Waals surface area contributed by atoms with Gasteiger partial charge in [0.2, 0.25) is 0 Å². The van der Waals surface area contributed by atoms with E-state index in [4.69, 9.17) is 12.2 Å². The summed E-state index contributed by atoms with van der Waals surface area (Å²) < 4.78 is 0. The summed E-state index contributed by atoms with van der Waals surface area (Å²) in [6, 6.07) is 8.52. The SMILES string of the molecule is S=C1NC(c2cccs2)=CC(c2cccs2)N1. The van der Waals surface area contributed by atoms with Gasteiger partial charge in [0.25, 0.3) is 0 Å². The fourth-order valence-electron chi connectivity index (χ4n) is 1.75. The Kier molecular flexibility index (Phi) is 2.96. The van der Waals surface area contributed by atoms with Crippen molar-refractivity contribution in [1.29, 1.82) is 0 Å². The first-order valence-electron chi connectivity index (χ1n) is 5.19. The van der Waals surface area contributed by atoms with Crippen LogP contribution < -0.4 is 10.6 Å². The van der Waals surface area contributed by atoms with Crippen LogP contribution in [0.25, 0.3) is 5.70 Å². The Morgan fingerprint density at radius 3 is 2.65 bits per heavy atom. The van der Waals surface area contributed by atoms with Gasteiger partial charge >= 0.3 is 0 Å². The van der Waals surface area contributed by atoms with Crippen molar-refractivity contribution >= 4 is 45.7 Å². The van der Waals surface area contributed by atoms with E-state index >= 15 is 0 Å². The molecule has 1 aliphatic heterocycles. The lowest BCUT2D eigenvalue weighted by molar-refractivity contribution is 0.781. The molecule has 1 aliphatic rings. The fourth-order valence-corrected chi connectivity index (χ4v) is 3.44. The van der Waals surface area contributed by atoms with Crippen molar-refractivity contribution in [2.75, 3.05) is 0 Å². The van der Waals surface area contributed by atoms with Gasteiger partial charge < -0.3 is 10.6 Å². The Labute approximate surface area is 113 Å². The maximum absolute atomic E-state index is 5.25. The van der Waals surface area contributed by atoms with Crippen molar-refractivity contribution in [2.45, 2.75) is 6.04 Å². The molecular formula is C12H10N2S3. The molecule has 0 saturated heterocycles. The monoisotopic (exact) mass is 278 g/mol. The van der Waals surface area contributed by atoms with Gasteiger partial charge in [-0.1, -0.05) is 12.1 Å². The zero-order valence-electron chi connectivity index (χ0n) is 8.84. The molecule has 0 fully saturated rings. The summed E-state index contributed by atoms with van der Waals surface area (Å²) in [7, 11) is 0. The molecule has 3 heterocycles. The minimum Gasteiger partial charge on any atom is -0.351 e. The summed E-state index contributed by atoms with van der Waals surface area (Å²) >= 11 is 8.71. The lowest BCUT2D eigenvalue weighted by Crippen LogP contribution is -2.40. The molecule has 5 heteroatoms. The summed E-state index contributed by atoms with van der Waals surface area (Å²) in [5.41, 5.74) is 1.10. The third-order valence-corrected chi connectivity index (χ3v) is 4.58. The van der Waals surface area contributed by atoms with E-state index in [1.165, 1.54) is 9.75 Å². The Bertz CT molecular complexity index is 540. The van der Waals surface area contributed by atoms with Crippen LogP contribution in [0.4, 0.5) is 0 Å². The fraction of sp³-hybridized carbons (Fsp3) is 0.0833. The van der Waals surface area contributed by atoms with Crippen LogP contribution in [0.1, 0.15) is 15.8 Å². The van der Waals surface area contributed by atoms with Crippen molar-refractivity contribution in [3.05, 3.63) is 50.9 Å². The Balaban J connectivity index is 1.96. The largest absolute Gasteiger partial charge is 0.351 e. The number of hydrogen-bond donors (Lipinski definition) is 2. The average Bonchev–Trinajstić information content (AvgIpc) is 3.02. The highest BCUT2D eigenvalue weighted by Crippen LogP contribution is 2.27. The lowest BCUT2D eigenvalue weighted by atomic mass is 10.1. The van der Waals surface area contributed by atoms with Crippen molar-refractivity contribution < 1.29 is 0 Å². The molecule has 0 aliphatic carbocycles. The summed E-state index contributed by atoms with van der Waals surface area (Å²) in [6.07, 6.45) is 2.19. The molecule has 1 atom stereocenters. The van der Waals surface area contributed by atoms with E-state index in [9.17, 15) is 0 Å². The molecular weight excluding hydrogens is 268 g/mol. The van der Waals surface area contributed by atoms with Crippen molar-refractivity contribution in [3.8, 4) is 0 Å². The van der Waals surface area contributed by atoms with Crippen LogP contribution >= 0.6 is 34.9 Å². The first-order chi connectivity index (χ1) is 8.33. The third-order valence-electron chi connectivity index (χ3n) is 2.50. The zero-order chi connectivity index (χ0) is 11.7. The van der Waals surface area contributed by atoms with Gasteiger partial charge in [0.1, 0.15) is 0 Å². The molecule has 2 N–H and O–H groups in total. The molecule has 0 bridgehead atoms. The van der Waals surface area contributed by atoms with Gasteiger partial charge in [-0.05, 0) is 41.2 Å². The van der Waals surface area contributed by atoms with Crippen molar-refractivity contribution in [2.24, 2.45) is 0 Å². The van der Waals surface area contributed by atoms with E-state index in [0.29, 0.717) is 5.11 Å². The van der Waals surface area contributed by atoms with Gasteiger partial charge in [0, 0.05) is 4.88 Å². The van der Waals surface area contributed by atoms with E-state index < -0.39 is 0 Å². The number of thiophene rings is 2. The first kappa shape index (κ1) is 11.0. The number of thiocarbonyl (C=S) groups is 1. The third kappa shape index (κ3) is 2.26. The van der Waals surface area contributed by atoms with Gasteiger partial charge in [0.05, 0.1) is 16.6 Å². The Morgan fingerprint density at radius 2 is 1.94 bits per heavy atom. The molecule has 2 nitrogen and oxygen atoms in total. The summed E-state index contributed by atoms with van der Waals surface area (Å²) in [5.74, 6) is 0. The number of nitrogens with one attached hydrogen (secondary N) is 2. The molecule has 0 spiro atoms. The smallest absolute Gasteiger partial charge is 0.171 e. The van der Waals surface area contributed by atoms with Crippen LogP contribution in [-0.2, 0) is 0 Å². The van der Waals surface area contributed by atoms with E-state index in [1.54, 1.807) is 22.7 Å². The van der Waals surface area contributed by atoms with Crippen LogP contribution in [-0.4, -0.2) is 5.11 Å².